The molecule has 1 rings (SSSR count). The molecule has 0 amide bonds. The number of benzene rings is 1. The number of hydrogen-bond acceptors (Lipinski definition) is 3. The van der Waals surface area contributed by atoms with Crippen LogP contribution in [-0.4, -0.2) is 20.2 Å². The summed E-state index contributed by atoms with van der Waals surface area (Å²) in [4.78, 5) is 11.5. The summed E-state index contributed by atoms with van der Waals surface area (Å²) < 4.78 is 50.4. The number of halogens is 3. The normalized spacial score (nSPS) is 10.4. The van der Waals surface area contributed by atoms with Crippen LogP contribution in [0.5, 0.6) is 5.75 Å². The Hall–Kier alpha value is -1.72. The Kier molecular flexibility index (Phi) is 5.20. The minimum absolute atomic E-state index is 0.0462. The maximum absolute atomic E-state index is 14.0. The van der Waals surface area contributed by atoms with Gasteiger partial charge in [-0.25, -0.2) is 13.6 Å². The Balaban J connectivity index is 3.53. The summed E-state index contributed by atoms with van der Waals surface area (Å²) in [6.45, 7) is 1.84. The SMILES string of the molecule is CCCCc1c(F)c(F)c(OC)c(F)c1C(=O)OC. The van der Waals surface area contributed by atoms with Crippen molar-refractivity contribution in [2.75, 3.05) is 14.2 Å². The average molecular weight is 276 g/mol. The molecule has 0 aliphatic rings. The summed E-state index contributed by atoms with van der Waals surface area (Å²) in [6.07, 6.45) is 1.23. The summed E-state index contributed by atoms with van der Waals surface area (Å²) >= 11 is 0. The summed E-state index contributed by atoms with van der Waals surface area (Å²) in [6, 6.07) is 0. The summed E-state index contributed by atoms with van der Waals surface area (Å²) in [5.74, 6) is -5.91. The molecule has 0 radical (unpaired) electrons. The van der Waals surface area contributed by atoms with Crippen LogP contribution in [0.25, 0.3) is 0 Å². The molecular formula is C13H15F3O3. The second-order valence-electron chi connectivity index (χ2n) is 3.92. The molecule has 1 aromatic carbocycles. The smallest absolute Gasteiger partial charge is 0.341 e. The Labute approximate surface area is 109 Å². The van der Waals surface area contributed by atoms with Crippen LogP contribution in [0.2, 0.25) is 0 Å². The predicted molar refractivity (Wildman–Crippen MR) is 62.8 cm³/mol. The zero-order valence-corrected chi connectivity index (χ0v) is 11.0. The number of ether oxygens (including phenoxy) is 2. The Morgan fingerprint density at radius 2 is 1.74 bits per heavy atom. The van der Waals surface area contributed by atoms with Crippen LogP contribution >= 0.6 is 0 Å². The maximum Gasteiger partial charge on any atom is 0.341 e. The Bertz CT molecular complexity index is 487. The summed E-state index contributed by atoms with van der Waals surface area (Å²) in [5.41, 5.74) is -0.920. The maximum atomic E-state index is 14.0. The minimum atomic E-state index is -1.43. The van der Waals surface area contributed by atoms with Gasteiger partial charge in [0, 0.05) is 5.56 Å². The van der Waals surface area contributed by atoms with Gasteiger partial charge in [0.1, 0.15) is 5.56 Å². The third kappa shape index (κ3) is 2.83. The van der Waals surface area contributed by atoms with Crippen LogP contribution < -0.4 is 4.74 Å². The van der Waals surface area contributed by atoms with E-state index in [1.165, 1.54) is 0 Å². The molecule has 0 aromatic heterocycles. The third-order valence-corrected chi connectivity index (χ3v) is 2.75. The van der Waals surface area contributed by atoms with Crippen molar-refractivity contribution in [3.8, 4) is 5.75 Å². The van der Waals surface area contributed by atoms with E-state index in [4.69, 9.17) is 0 Å². The minimum Gasteiger partial charge on any atom is -0.491 e. The van der Waals surface area contributed by atoms with Crippen molar-refractivity contribution in [2.45, 2.75) is 26.2 Å². The molecule has 3 nitrogen and oxygen atoms in total. The number of unbranched alkanes of at least 4 members (excludes halogenated alkanes) is 1. The van der Waals surface area contributed by atoms with E-state index in [1.54, 1.807) is 0 Å². The van der Waals surface area contributed by atoms with E-state index in [2.05, 4.69) is 9.47 Å². The molecule has 0 fully saturated rings. The summed E-state index contributed by atoms with van der Waals surface area (Å²) in [5, 5.41) is 0. The van der Waals surface area contributed by atoms with Crippen molar-refractivity contribution in [3.05, 3.63) is 28.6 Å². The van der Waals surface area contributed by atoms with Crippen molar-refractivity contribution in [2.24, 2.45) is 0 Å². The molecule has 0 atom stereocenters. The lowest BCUT2D eigenvalue weighted by molar-refractivity contribution is 0.0592. The molecule has 106 valence electrons. The molecule has 19 heavy (non-hydrogen) atoms. The highest BCUT2D eigenvalue weighted by Crippen LogP contribution is 2.32. The predicted octanol–water partition coefficient (Wildman–Crippen LogP) is 3.24. The van der Waals surface area contributed by atoms with Crippen molar-refractivity contribution in [1.82, 2.24) is 0 Å². The number of carbonyl (C=O) groups excluding carboxylic acids is 1. The van der Waals surface area contributed by atoms with E-state index in [1.807, 2.05) is 6.92 Å². The second kappa shape index (κ2) is 6.45. The molecule has 6 heteroatoms. The first-order valence-electron chi connectivity index (χ1n) is 5.81. The van der Waals surface area contributed by atoms with Gasteiger partial charge in [0.25, 0.3) is 0 Å². The number of rotatable bonds is 5. The molecule has 0 spiro atoms. The molecule has 0 heterocycles. The highest BCUT2D eigenvalue weighted by molar-refractivity contribution is 5.92. The first kappa shape index (κ1) is 15.3. The van der Waals surface area contributed by atoms with E-state index < -0.39 is 34.7 Å². The van der Waals surface area contributed by atoms with Crippen LogP contribution in [0.1, 0.15) is 35.7 Å². The van der Waals surface area contributed by atoms with Gasteiger partial charge < -0.3 is 9.47 Å². The van der Waals surface area contributed by atoms with Gasteiger partial charge in [0.2, 0.25) is 5.82 Å². The van der Waals surface area contributed by atoms with Gasteiger partial charge in [0.15, 0.2) is 17.4 Å². The highest BCUT2D eigenvalue weighted by atomic mass is 19.2. The standard InChI is InChI=1S/C13H15F3O3/c1-4-5-6-7-8(13(17)19-3)10(15)12(18-2)11(16)9(7)14/h4-6H2,1-3H3. The van der Waals surface area contributed by atoms with E-state index in [9.17, 15) is 18.0 Å². The third-order valence-electron chi connectivity index (χ3n) is 2.75. The molecule has 0 aliphatic heterocycles. The fourth-order valence-electron chi connectivity index (χ4n) is 1.77. The Morgan fingerprint density at radius 1 is 1.11 bits per heavy atom. The van der Waals surface area contributed by atoms with Crippen LogP contribution in [-0.2, 0) is 11.2 Å². The molecule has 0 saturated carbocycles. The van der Waals surface area contributed by atoms with Gasteiger partial charge in [0.05, 0.1) is 14.2 Å². The molecule has 0 unspecified atom stereocenters. The summed E-state index contributed by atoms with van der Waals surface area (Å²) in [7, 11) is 2.03. The second-order valence-corrected chi connectivity index (χ2v) is 3.92. The van der Waals surface area contributed by atoms with Gasteiger partial charge in [-0.2, -0.15) is 4.39 Å². The fourth-order valence-corrected chi connectivity index (χ4v) is 1.77. The van der Waals surface area contributed by atoms with Crippen molar-refractivity contribution in [3.63, 3.8) is 0 Å². The van der Waals surface area contributed by atoms with E-state index >= 15 is 0 Å². The number of methoxy groups -OCH3 is 2. The quantitative estimate of drug-likeness (QED) is 0.611. The van der Waals surface area contributed by atoms with Gasteiger partial charge >= 0.3 is 5.97 Å². The first-order chi connectivity index (χ1) is 8.99. The largest absolute Gasteiger partial charge is 0.491 e. The van der Waals surface area contributed by atoms with Crippen molar-refractivity contribution < 1.29 is 27.4 Å². The van der Waals surface area contributed by atoms with Gasteiger partial charge in [-0.15, -0.1) is 0 Å². The fraction of sp³-hybridized carbons (Fsp3) is 0.462. The van der Waals surface area contributed by atoms with Crippen LogP contribution in [0.4, 0.5) is 13.2 Å². The lowest BCUT2D eigenvalue weighted by Crippen LogP contribution is -2.14. The molecule has 0 N–H and O–H groups in total. The van der Waals surface area contributed by atoms with Crippen molar-refractivity contribution in [1.29, 1.82) is 0 Å². The van der Waals surface area contributed by atoms with Crippen LogP contribution in [0.3, 0.4) is 0 Å². The molecular weight excluding hydrogens is 261 g/mol. The molecule has 0 bridgehead atoms. The Morgan fingerprint density at radius 3 is 2.21 bits per heavy atom. The molecule has 1 aromatic rings. The lowest BCUT2D eigenvalue weighted by atomic mass is 9.99. The van der Waals surface area contributed by atoms with E-state index in [0.717, 1.165) is 14.2 Å². The van der Waals surface area contributed by atoms with Crippen LogP contribution in [0, 0.1) is 17.5 Å². The average Bonchev–Trinajstić information content (AvgIpc) is 2.41. The highest BCUT2D eigenvalue weighted by Gasteiger charge is 2.29. The zero-order valence-electron chi connectivity index (χ0n) is 11.0. The zero-order chi connectivity index (χ0) is 14.6. The first-order valence-corrected chi connectivity index (χ1v) is 5.81. The number of esters is 1. The monoisotopic (exact) mass is 276 g/mol. The lowest BCUT2D eigenvalue weighted by Gasteiger charge is -2.14. The number of carbonyl (C=O) groups is 1. The van der Waals surface area contributed by atoms with Gasteiger partial charge in [-0.05, 0) is 12.8 Å². The van der Waals surface area contributed by atoms with Gasteiger partial charge in [-0.1, -0.05) is 13.3 Å². The number of hydrogen-bond donors (Lipinski definition) is 0. The molecule has 0 aliphatic carbocycles. The molecule has 0 saturated heterocycles. The van der Waals surface area contributed by atoms with E-state index in [0.29, 0.717) is 12.8 Å². The van der Waals surface area contributed by atoms with Crippen molar-refractivity contribution >= 4 is 5.97 Å². The topological polar surface area (TPSA) is 35.5 Å². The van der Waals surface area contributed by atoms with E-state index in [-0.39, 0.29) is 12.0 Å². The van der Waals surface area contributed by atoms with Gasteiger partial charge in [-0.3, -0.25) is 0 Å². The van der Waals surface area contributed by atoms with Crippen LogP contribution in [0.15, 0.2) is 0 Å².